The van der Waals surface area contributed by atoms with E-state index in [1.807, 2.05) is 13.0 Å². The van der Waals surface area contributed by atoms with Crippen LogP contribution in [0.25, 0.3) is 10.2 Å². The van der Waals surface area contributed by atoms with Crippen LogP contribution in [0.5, 0.6) is 5.88 Å². The Balaban J connectivity index is 1.99. The summed E-state index contributed by atoms with van der Waals surface area (Å²) in [4.78, 5) is 10.4. The van der Waals surface area contributed by atoms with Crippen LogP contribution in [0.15, 0.2) is 6.07 Å². The van der Waals surface area contributed by atoms with Crippen molar-refractivity contribution < 1.29 is 9.47 Å². The molecule has 19 heavy (non-hydrogen) atoms. The van der Waals surface area contributed by atoms with Gasteiger partial charge in [-0.2, -0.15) is 4.98 Å². The van der Waals surface area contributed by atoms with Crippen molar-refractivity contribution in [3.8, 4) is 5.88 Å². The van der Waals surface area contributed by atoms with Crippen LogP contribution >= 0.6 is 11.3 Å². The van der Waals surface area contributed by atoms with Gasteiger partial charge in [0.2, 0.25) is 11.8 Å². The molecule has 2 aromatic rings. The van der Waals surface area contributed by atoms with Gasteiger partial charge in [-0.15, -0.1) is 11.3 Å². The number of ether oxygens (including phenoxy) is 2. The van der Waals surface area contributed by atoms with Crippen LogP contribution < -0.4 is 10.5 Å². The average molecular weight is 281 g/mol. The Morgan fingerprint density at radius 3 is 2.84 bits per heavy atom. The van der Waals surface area contributed by atoms with Gasteiger partial charge in [-0.3, -0.25) is 0 Å². The van der Waals surface area contributed by atoms with Crippen LogP contribution in [0.3, 0.4) is 0 Å². The van der Waals surface area contributed by atoms with Gasteiger partial charge in [0, 0.05) is 11.5 Å². The topological polar surface area (TPSA) is 70.3 Å². The number of thiophene rings is 1. The Kier molecular flexibility index (Phi) is 4.55. The Labute approximate surface area is 116 Å². The maximum absolute atomic E-state index is 5.68. The second kappa shape index (κ2) is 6.16. The van der Waals surface area contributed by atoms with Crippen LogP contribution in [0.4, 0.5) is 5.95 Å². The van der Waals surface area contributed by atoms with Crippen LogP contribution in [0.1, 0.15) is 18.7 Å². The molecular weight excluding hydrogens is 262 g/mol. The molecule has 2 aromatic heterocycles. The first-order chi connectivity index (χ1) is 9.06. The Hall–Kier alpha value is -1.40. The lowest BCUT2D eigenvalue weighted by Crippen LogP contribution is -2.11. The van der Waals surface area contributed by atoms with E-state index in [0.29, 0.717) is 25.0 Å². The maximum Gasteiger partial charge on any atom is 0.227 e. The van der Waals surface area contributed by atoms with Gasteiger partial charge in [-0.1, -0.05) is 13.8 Å². The summed E-state index contributed by atoms with van der Waals surface area (Å²) in [6.45, 7) is 8.01. The van der Waals surface area contributed by atoms with Gasteiger partial charge >= 0.3 is 0 Å². The number of hydrogen-bond donors (Lipinski definition) is 1. The fraction of sp³-hybridized carbons (Fsp3) is 0.538. The first kappa shape index (κ1) is 14.0. The normalized spacial score (nSPS) is 11.4. The molecule has 2 heterocycles. The Morgan fingerprint density at radius 1 is 1.32 bits per heavy atom. The molecule has 0 radical (unpaired) electrons. The lowest BCUT2D eigenvalue weighted by Gasteiger charge is -2.09. The lowest BCUT2D eigenvalue weighted by molar-refractivity contribution is 0.0811. The standard InChI is InChI=1S/C13H19N3O2S/c1-8(2)7-17-4-5-18-11-10-6-9(3)19-12(10)16-13(14)15-11/h6,8H,4-5,7H2,1-3H3,(H2,14,15,16). The molecule has 0 fully saturated rings. The lowest BCUT2D eigenvalue weighted by atomic mass is 10.2. The highest BCUT2D eigenvalue weighted by atomic mass is 32.1. The van der Waals surface area contributed by atoms with E-state index in [1.54, 1.807) is 11.3 Å². The van der Waals surface area contributed by atoms with E-state index in [9.17, 15) is 0 Å². The molecule has 0 atom stereocenters. The number of nitrogens with zero attached hydrogens (tertiary/aromatic N) is 2. The molecule has 104 valence electrons. The van der Waals surface area contributed by atoms with E-state index >= 15 is 0 Å². The summed E-state index contributed by atoms with van der Waals surface area (Å²) in [6, 6.07) is 2.02. The maximum atomic E-state index is 5.68. The number of nitrogen functional groups attached to an aromatic ring is 1. The van der Waals surface area contributed by atoms with Gasteiger partial charge in [-0.25, -0.2) is 4.98 Å². The molecule has 0 aliphatic carbocycles. The summed E-state index contributed by atoms with van der Waals surface area (Å²) in [5.74, 6) is 1.31. The van der Waals surface area contributed by atoms with Crippen molar-refractivity contribution >= 4 is 27.5 Å². The smallest absolute Gasteiger partial charge is 0.227 e. The van der Waals surface area contributed by atoms with Crippen molar-refractivity contribution in [3.05, 3.63) is 10.9 Å². The zero-order chi connectivity index (χ0) is 13.8. The molecule has 0 saturated heterocycles. The highest BCUT2D eigenvalue weighted by Gasteiger charge is 2.10. The molecular formula is C13H19N3O2S. The highest BCUT2D eigenvalue weighted by molar-refractivity contribution is 7.18. The number of nitrogens with two attached hydrogens (primary N) is 1. The largest absolute Gasteiger partial charge is 0.475 e. The van der Waals surface area contributed by atoms with Crippen LogP contribution in [-0.4, -0.2) is 29.8 Å². The minimum Gasteiger partial charge on any atom is -0.475 e. The minimum absolute atomic E-state index is 0.243. The van der Waals surface area contributed by atoms with Crippen molar-refractivity contribution in [2.45, 2.75) is 20.8 Å². The molecule has 0 spiro atoms. The van der Waals surface area contributed by atoms with E-state index in [0.717, 1.165) is 21.7 Å². The van der Waals surface area contributed by atoms with Crippen molar-refractivity contribution in [2.75, 3.05) is 25.6 Å². The first-order valence-electron chi connectivity index (χ1n) is 6.30. The second-order valence-electron chi connectivity index (χ2n) is 4.78. The number of hydrogen-bond acceptors (Lipinski definition) is 6. The van der Waals surface area contributed by atoms with Gasteiger partial charge in [-0.05, 0) is 18.9 Å². The average Bonchev–Trinajstić information content (AvgIpc) is 2.68. The van der Waals surface area contributed by atoms with Crippen LogP contribution in [-0.2, 0) is 4.74 Å². The van der Waals surface area contributed by atoms with E-state index in [2.05, 4.69) is 23.8 Å². The fourth-order valence-corrected chi connectivity index (χ4v) is 2.53. The predicted octanol–water partition coefficient (Wildman–Crippen LogP) is 2.63. The Bertz CT molecular complexity index is 554. The third kappa shape index (κ3) is 3.78. The van der Waals surface area contributed by atoms with E-state index in [1.165, 1.54) is 0 Å². The molecule has 5 nitrogen and oxygen atoms in total. The third-order valence-corrected chi connectivity index (χ3v) is 3.36. The van der Waals surface area contributed by atoms with Crippen LogP contribution in [0, 0.1) is 12.8 Å². The van der Waals surface area contributed by atoms with Gasteiger partial charge in [0.15, 0.2) is 0 Å². The molecule has 0 aliphatic heterocycles. The molecule has 0 unspecified atom stereocenters. The zero-order valence-corrected chi connectivity index (χ0v) is 12.3. The van der Waals surface area contributed by atoms with E-state index in [-0.39, 0.29) is 5.95 Å². The van der Waals surface area contributed by atoms with Crippen molar-refractivity contribution in [3.63, 3.8) is 0 Å². The summed E-state index contributed by atoms with van der Waals surface area (Å²) >= 11 is 1.59. The number of aryl methyl sites for hydroxylation is 1. The van der Waals surface area contributed by atoms with Crippen LogP contribution in [0.2, 0.25) is 0 Å². The number of fused-ring (bicyclic) bond motifs is 1. The molecule has 0 aromatic carbocycles. The molecule has 2 rings (SSSR count). The van der Waals surface area contributed by atoms with Crippen molar-refractivity contribution in [1.29, 1.82) is 0 Å². The summed E-state index contributed by atoms with van der Waals surface area (Å²) < 4.78 is 11.1. The monoisotopic (exact) mass is 281 g/mol. The highest BCUT2D eigenvalue weighted by Crippen LogP contribution is 2.30. The second-order valence-corrected chi connectivity index (χ2v) is 6.01. The van der Waals surface area contributed by atoms with Gasteiger partial charge < -0.3 is 15.2 Å². The van der Waals surface area contributed by atoms with Crippen molar-refractivity contribution in [2.24, 2.45) is 5.92 Å². The summed E-state index contributed by atoms with van der Waals surface area (Å²) in [5.41, 5.74) is 5.68. The summed E-state index contributed by atoms with van der Waals surface area (Å²) in [6.07, 6.45) is 0. The molecule has 0 saturated carbocycles. The fourth-order valence-electron chi connectivity index (χ4n) is 1.66. The van der Waals surface area contributed by atoms with E-state index < -0.39 is 0 Å². The first-order valence-corrected chi connectivity index (χ1v) is 7.12. The molecule has 0 amide bonds. The van der Waals surface area contributed by atoms with Gasteiger partial charge in [0.1, 0.15) is 11.4 Å². The number of rotatable bonds is 6. The van der Waals surface area contributed by atoms with E-state index in [4.69, 9.17) is 15.2 Å². The minimum atomic E-state index is 0.243. The van der Waals surface area contributed by atoms with Crippen molar-refractivity contribution in [1.82, 2.24) is 9.97 Å². The molecule has 6 heteroatoms. The van der Waals surface area contributed by atoms with Gasteiger partial charge in [0.25, 0.3) is 0 Å². The number of aromatic nitrogens is 2. The SMILES string of the molecule is Cc1cc2c(OCCOCC(C)C)nc(N)nc2s1. The summed E-state index contributed by atoms with van der Waals surface area (Å²) in [5, 5.41) is 0.917. The zero-order valence-electron chi connectivity index (χ0n) is 11.5. The Morgan fingerprint density at radius 2 is 2.11 bits per heavy atom. The summed E-state index contributed by atoms with van der Waals surface area (Å²) in [7, 11) is 0. The molecule has 0 aliphatic rings. The molecule has 2 N–H and O–H groups in total. The number of anilines is 1. The molecule has 0 bridgehead atoms. The quantitative estimate of drug-likeness (QED) is 0.824. The third-order valence-electron chi connectivity index (χ3n) is 2.42. The predicted molar refractivity (Wildman–Crippen MR) is 77.7 cm³/mol. The van der Waals surface area contributed by atoms with Gasteiger partial charge in [0.05, 0.1) is 12.0 Å².